The Morgan fingerprint density at radius 2 is 1.50 bits per heavy atom. The van der Waals surface area contributed by atoms with Crippen LogP contribution in [0, 0.1) is 0 Å². The number of rotatable bonds is 5. The van der Waals surface area contributed by atoms with Crippen molar-refractivity contribution in [3.8, 4) is 0 Å². The van der Waals surface area contributed by atoms with Gasteiger partial charge in [0.25, 0.3) is 17.7 Å². The van der Waals surface area contributed by atoms with Gasteiger partial charge in [-0.3, -0.25) is 24.1 Å². The molecule has 2 aromatic rings. The van der Waals surface area contributed by atoms with Crippen molar-refractivity contribution in [1.29, 1.82) is 0 Å². The summed E-state index contributed by atoms with van der Waals surface area (Å²) in [6.45, 7) is 0.766. The Kier molecular flexibility index (Phi) is 5.94. The maximum absolute atomic E-state index is 12.8. The fraction of sp³-hybridized carbons (Fsp3) is 0.333. The van der Waals surface area contributed by atoms with E-state index in [1.807, 2.05) is 43.3 Å². The first-order chi connectivity index (χ1) is 15.3. The minimum absolute atomic E-state index is 0.0221. The molecule has 4 rings (SSSR count). The van der Waals surface area contributed by atoms with E-state index >= 15 is 0 Å². The number of fused-ring (bicyclic) bond motifs is 1. The zero-order valence-corrected chi connectivity index (χ0v) is 18.2. The Hall–Kier alpha value is -3.68. The summed E-state index contributed by atoms with van der Waals surface area (Å²) in [4.78, 5) is 54.9. The van der Waals surface area contributed by atoms with Crippen LogP contribution in [0.25, 0.3) is 0 Å². The number of anilines is 1. The quantitative estimate of drug-likeness (QED) is 0.725. The number of hydrogen-bond donors (Lipinski definition) is 1. The van der Waals surface area contributed by atoms with Gasteiger partial charge in [-0.1, -0.05) is 12.1 Å². The van der Waals surface area contributed by atoms with Crippen LogP contribution < -0.4 is 10.2 Å². The SMILES string of the molecule is CN(C)c1ccc(C(=O)N2CCC(NC(=O)CN3C(=O)c4ccccc4C3=O)CC2)cc1. The highest BCUT2D eigenvalue weighted by Gasteiger charge is 2.36. The first-order valence-electron chi connectivity index (χ1n) is 10.7. The first kappa shape index (κ1) is 21.5. The molecule has 0 aromatic heterocycles. The largest absolute Gasteiger partial charge is 0.378 e. The van der Waals surface area contributed by atoms with Gasteiger partial charge in [-0.25, -0.2) is 0 Å². The number of imide groups is 1. The van der Waals surface area contributed by atoms with E-state index in [1.165, 1.54) is 0 Å². The van der Waals surface area contributed by atoms with Crippen LogP contribution in [0.3, 0.4) is 0 Å². The highest BCUT2D eigenvalue weighted by atomic mass is 16.2. The molecule has 0 aliphatic carbocycles. The fourth-order valence-corrected chi connectivity index (χ4v) is 4.11. The average molecular weight is 434 g/mol. The van der Waals surface area contributed by atoms with E-state index in [-0.39, 0.29) is 24.4 Å². The van der Waals surface area contributed by atoms with E-state index in [0.717, 1.165) is 10.6 Å². The van der Waals surface area contributed by atoms with Crippen LogP contribution in [0.1, 0.15) is 43.9 Å². The molecule has 2 heterocycles. The molecule has 1 fully saturated rings. The second-order valence-electron chi connectivity index (χ2n) is 8.32. The Bertz CT molecular complexity index is 1020. The Labute approximate surface area is 186 Å². The molecule has 1 N–H and O–H groups in total. The number of hydrogen-bond acceptors (Lipinski definition) is 5. The van der Waals surface area contributed by atoms with E-state index < -0.39 is 11.8 Å². The maximum Gasteiger partial charge on any atom is 0.262 e. The van der Waals surface area contributed by atoms with E-state index in [0.29, 0.717) is 42.6 Å². The number of carbonyl (C=O) groups is 4. The van der Waals surface area contributed by atoms with Crippen LogP contribution in [0.2, 0.25) is 0 Å². The number of amides is 4. The lowest BCUT2D eigenvalue weighted by Gasteiger charge is -2.32. The molecule has 4 amide bonds. The van der Waals surface area contributed by atoms with Gasteiger partial charge in [-0.15, -0.1) is 0 Å². The topological polar surface area (TPSA) is 90.0 Å². The van der Waals surface area contributed by atoms with E-state index in [4.69, 9.17) is 0 Å². The van der Waals surface area contributed by atoms with Crippen LogP contribution >= 0.6 is 0 Å². The Balaban J connectivity index is 1.28. The molecule has 32 heavy (non-hydrogen) atoms. The van der Waals surface area contributed by atoms with Gasteiger partial charge in [-0.05, 0) is 49.2 Å². The molecule has 0 atom stereocenters. The minimum Gasteiger partial charge on any atom is -0.378 e. The number of carbonyl (C=O) groups excluding carboxylic acids is 4. The van der Waals surface area contributed by atoms with Gasteiger partial charge in [0.15, 0.2) is 0 Å². The van der Waals surface area contributed by atoms with Crippen molar-refractivity contribution >= 4 is 29.3 Å². The number of benzene rings is 2. The second-order valence-corrected chi connectivity index (χ2v) is 8.32. The summed E-state index contributed by atoms with van der Waals surface area (Å²) in [6, 6.07) is 14.0. The van der Waals surface area contributed by atoms with Crippen molar-refractivity contribution in [3.05, 3.63) is 65.2 Å². The summed E-state index contributed by atoms with van der Waals surface area (Å²) >= 11 is 0. The molecule has 0 unspecified atom stereocenters. The minimum atomic E-state index is -0.443. The molecule has 8 heteroatoms. The third-order valence-corrected chi connectivity index (χ3v) is 5.96. The summed E-state index contributed by atoms with van der Waals surface area (Å²) < 4.78 is 0. The molecule has 0 radical (unpaired) electrons. The standard InChI is InChI=1S/C24H26N4O4/c1-26(2)18-9-7-16(8-10-18)22(30)27-13-11-17(12-14-27)25-21(29)15-28-23(31)19-5-3-4-6-20(19)24(28)32/h3-10,17H,11-15H2,1-2H3,(H,25,29). The zero-order valence-electron chi connectivity index (χ0n) is 18.2. The highest BCUT2D eigenvalue weighted by Crippen LogP contribution is 2.22. The third-order valence-electron chi connectivity index (χ3n) is 5.96. The van der Waals surface area contributed by atoms with E-state index in [1.54, 1.807) is 29.2 Å². The molecule has 0 bridgehead atoms. The fourth-order valence-electron chi connectivity index (χ4n) is 4.11. The van der Waals surface area contributed by atoms with E-state index in [2.05, 4.69) is 5.32 Å². The summed E-state index contributed by atoms with van der Waals surface area (Å²) in [5.74, 6) is -1.28. The smallest absolute Gasteiger partial charge is 0.262 e. The monoisotopic (exact) mass is 434 g/mol. The number of nitrogens with zero attached hydrogens (tertiary/aromatic N) is 3. The summed E-state index contributed by atoms with van der Waals surface area (Å²) in [6.07, 6.45) is 1.24. The van der Waals surface area contributed by atoms with Crippen molar-refractivity contribution in [1.82, 2.24) is 15.1 Å². The van der Waals surface area contributed by atoms with Crippen LogP contribution in [-0.4, -0.2) is 73.2 Å². The zero-order chi connectivity index (χ0) is 22.8. The molecule has 2 aliphatic rings. The predicted molar refractivity (Wildman–Crippen MR) is 120 cm³/mol. The number of nitrogens with one attached hydrogen (secondary N) is 1. The Morgan fingerprint density at radius 3 is 2.03 bits per heavy atom. The van der Waals surface area contributed by atoms with Gasteiger partial charge in [0.1, 0.15) is 6.54 Å². The molecular weight excluding hydrogens is 408 g/mol. The van der Waals surface area contributed by atoms with Gasteiger partial charge in [0.05, 0.1) is 11.1 Å². The lowest BCUT2D eigenvalue weighted by molar-refractivity contribution is -0.122. The van der Waals surface area contributed by atoms with Gasteiger partial charge in [0, 0.05) is 44.5 Å². The van der Waals surface area contributed by atoms with Crippen molar-refractivity contribution in [2.75, 3.05) is 38.6 Å². The molecule has 166 valence electrons. The number of piperidine rings is 1. The average Bonchev–Trinajstić information content (AvgIpc) is 3.04. The van der Waals surface area contributed by atoms with Crippen molar-refractivity contribution in [2.24, 2.45) is 0 Å². The summed E-state index contributed by atoms with van der Waals surface area (Å²) in [5, 5.41) is 2.90. The van der Waals surface area contributed by atoms with Crippen LogP contribution in [-0.2, 0) is 4.79 Å². The molecular formula is C24H26N4O4. The lowest BCUT2D eigenvalue weighted by Crippen LogP contribution is -2.49. The molecule has 1 saturated heterocycles. The molecule has 0 saturated carbocycles. The maximum atomic E-state index is 12.8. The van der Waals surface area contributed by atoms with Gasteiger partial charge < -0.3 is 15.1 Å². The number of likely N-dealkylation sites (tertiary alicyclic amines) is 1. The van der Waals surface area contributed by atoms with Crippen molar-refractivity contribution in [3.63, 3.8) is 0 Å². The van der Waals surface area contributed by atoms with Crippen molar-refractivity contribution < 1.29 is 19.2 Å². The summed E-state index contributed by atoms with van der Waals surface area (Å²) in [7, 11) is 3.90. The summed E-state index contributed by atoms with van der Waals surface area (Å²) in [5.41, 5.74) is 2.33. The predicted octanol–water partition coefficient (Wildman–Crippen LogP) is 1.77. The second kappa shape index (κ2) is 8.82. The first-order valence-corrected chi connectivity index (χ1v) is 10.7. The van der Waals surface area contributed by atoms with Crippen LogP contribution in [0.5, 0.6) is 0 Å². The third kappa shape index (κ3) is 4.21. The van der Waals surface area contributed by atoms with Crippen LogP contribution in [0.4, 0.5) is 5.69 Å². The molecule has 2 aliphatic heterocycles. The van der Waals surface area contributed by atoms with Crippen LogP contribution in [0.15, 0.2) is 48.5 Å². The normalized spacial score (nSPS) is 16.2. The lowest BCUT2D eigenvalue weighted by atomic mass is 10.0. The van der Waals surface area contributed by atoms with Gasteiger partial charge in [0.2, 0.25) is 5.91 Å². The molecule has 0 spiro atoms. The van der Waals surface area contributed by atoms with Crippen molar-refractivity contribution in [2.45, 2.75) is 18.9 Å². The van der Waals surface area contributed by atoms with Gasteiger partial charge in [-0.2, -0.15) is 0 Å². The van der Waals surface area contributed by atoms with E-state index in [9.17, 15) is 19.2 Å². The molecule has 2 aromatic carbocycles. The molecule has 8 nitrogen and oxygen atoms in total. The Morgan fingerprint density at radius 1 is 0.938 bits per heavy atom. The van der Waals surface area contributed by atoms with Gasteiger partial charge >= 0.3 is 0 Å². The highest BCUT2D eigenvalue weighted by molar-refractivity contribution is 6.22.